The van der Waals surface area contributed by atoms with Gasteiger partial charge in [0.2, 0.25) is 0 Å². The Labute approximate surface area is 92.7 Å². The molecule has 0 spiro atoms. The number of hydrogen-bond donors (Lipinski definition) is 1. The van der Waals surface area contributed by atoms with E-state index in [2.05, 4.69) is 0 Å². The molecule has 0 saturated carbocycles. The first-order valence-electron chi connectivity index (χ1n) is 4.92. The fourth-order valence-corrected chi connectivity index (χ4v) is 1.26. The Morgan fingerprint density at radius 3 is 2.44 bits per heavy atom. The maximum Gasteiger partial charge on any atom is 0.405 e. The van der Waals surface area contributed by atoms with E-state index in [1.807, 2.05) is 5.32 Å². The number of amides is 2. The lowest BCUT2D eigenvalue weighted by atomic mass is 10.3. The lowest BCUT2D eigenvalue weighted by Crippen LogP contribution is -2.48. The maximum atomic E-state index is 11.9. The number of alkyl halides is 3. The first kappa shape index (κ1) is 15.0. The summed E-state index contributed by atoms with van der Waals surface area (Å²) in [6.45, 7) is 2.70. The average Bonchev–Trinajstić information content (AvgIpc) is 2.15. The number of rotatable bonds is 5. The van der Waals surface area contributed by atoms with Crippen molar-refractivity contribution >= 4 is 6.03 Å². The van der Waals surface area contributed by atoms with Crippen LogP contribution in [0.1, 0.15) is 13.8 Å². The minimum Gasteiger partial charge on any atom is -0.383 e. The second-order valence-corrected chi connectivity index (χ2v) is 3.36. The highest BCUT2D eigenvalue weighted by Gasteiger charge is 2.29. The highest BCUT2D eigenvalue weighted by Crippen LogP contribution is 2.12. The number of likely N-dealkylation sites (N-methyl/N-ethyl adjacent to an activating group) is 1. The molecule has 0 aliphatic rings. The lowest BCUT2D eigenvalue weighted by molar-refractivity contribution is -0.123. The zero-order chi connectivity index (χ0) is 12.8. The Kier molecular flexibility index (Phi) is 6.17. The van der Waals surface area contributed by atoms with Crippen LogP contribution in [0.15, 0.2) is 0 Å². The van der Waals surface area contributed by atoms with Crippen LogP contribution in [0.5, 0.6) is 0 Å². The normalized spacial score (nSPS) is 13.4. The zero-order valence-corrected chi connectivity index (χ0v) is 9.60. The fraction of sp³-hybridized carbons (Fsp3) is 0.889. The van der Waals surface area contributed by atoms with Crippen molar-refractivity contribution in [3.63, 3.8) is 0 Å². The third-order valence-corrected chi connectivity index (χ3v) is 1.98. The van der Waals surface area contributed by atoms with Crippen LogP contribution >= 0.6 is 0 Å². The van der Waals surface area contributed by atoms with Gasteiger partial charge in [-0.25, -0.2) is 4.79 Å². The third kappa shape index (κ3) is 5.79. The van der Waals surface area contributed by atoms with Gasteiger partial charge in [0, 0.05) is 13.7 Å². The number of urea groups is 1. The molecule has 1 atom stereocenters. The quantitative estimate of drug-likeness (QED) is 0.795. The van der Waals surface area contributed by atoms with Gasteiger partial charge in [-0.3, -0.25) is 0 Å². The highest BCUT2D eigenvalue weighted by molar-refractivity contribution is 5.74. The number of ether oxygens (including phenoxy) is 1. The topological polar surface area (TPSA) is 41.6 Å². The van der Waals surface area contributed by atoms with Gasteiger partial charge >= 0.3 is 12.2 Å². The number of methoxy groups -OCH3 is 1. The van der Waals surface area contributed by atoms with Crippen molar-refractivity contribution in [3.8, 4) is 0 Å². The summed E-state index contributed by atoms with van der Waals surface area (Å²) in [5.74, 6) is 0. The van der Waals surface area contributed by atoms with E-state index in [4.69, 9.17) is 4.74 Å². The second-order valence-electron chi connectivity index (χ2n) is 3.36. The van der Waals surface area contributed by atoms with E-state index in [-0.39, 0.29) is 12.6 Å². The molecular weight excluding hydrogens is 225 g/mol. The van der Waals surface area contributed by atoms with Crippen LogP contribution in [0.25, 0.3) is 0 Å². The van der Waals surface area contributed by atoms with Crippen molar-refractivity contribution in [3.05, 3.63) is 0 Å². The van der Waals surface area contributed by atoms with E-state index in [0.717, 1.165) is 0 Å². The van der Waals surface area contributed by atoms with Crippen molar-refractivity contribution in [1.29, 1.82) is 0 Å². The Morgan fingerprint density at radius 1 is 1.50 bits per heavy atom. The fourth-order valence-electron chi connectivity index (χ4n) is 1.26. The van der Waals surface area contributed by atoms with Gasteiger partial charge in [-0.05, 0) is 13.8 Å². The number of carbonyl (C=O) groups excluding carboxylic acids is 1. The van der Waals surface area contributed by atoms with Crippen LogP contribution in [0.3, 0.4) is 0 Å². The van der Waals surface area contributed by atoms with Crippen molar-refractivity contribution in [1.82, 2.24) is 10.2 Å². The number of nitrogens with zero attached hydrogens (tertiary/aromatic N) is 1. The molecule has 0 aromatic carbocycles. The minimum atomic E-state index is -4.39. The summed E-state index contributed by atoms with van der Waals surface area (Å²) in [6, 6.07) is -0.993. The van der Waals surface area contributed by atoms with E-state index in [1.165, 1.54) is 12.0 Å². The molecule has 0 saturated heterocycles. The van der Waals surface area contributed by atoms with E-state index in [0.29, 0.717) is 6.54 Å². The van der Waals surface area contributed by atoms with Crippen LogP contribution in [-0.2, 0) is 4.74 Å². The van der Waals surface area contributed by atoms with Crippen molar-refractivity contribution in [2.45, 2.75) is 26.1 Å². The molecule has 2 amide bonds. The van der Waals surface area contributed by atoms with Gasteiger partial charge in [-0.2, -0.15) is 13.2 Å². The monoisotopic (exact) mass is 242 g/mol. The summed E-state index contributed by atoms with van der Waals surface area (Å²) < 4.78 is 40.5. The Bertz CT molecular complexity index is 221. The molecule has 0 radical (unpaired) electrons. The predicted octanol–water partition coefficient (Wildman–Crippen LogP) is 1.62. The molecule has 0 rings (SSSR count). The Hall–Kier alpha value is -0.980. The first-order valence-corrected chi connectivity index (χ1v) is 4.92. The summed E-state index contributed by atoms with van der Waals surface area (Å²) in [5, 5.41) is 1.82. The van der Waals surface area contributed by atoms with Gasteiger partial charge < -0.3 is 15.0 Å². The first-order chi connectivity index (χ1) is 7.31. The zero-order valence-electron chi connectivity index (χ0n) is 9.60. The molecule has 0 bridgehead atoms. The standard InChI is InChI=1S/C9H17F3N2O2/c1-4-14(7(2)5-16-3)8(15)13-6-9(10,11)12/h7H,4-6H2,1-3H3,(H,13,15). The van der Waals surface area contributed by atoms with Gasteiger partial charge in [0.25, 0.3) is 0 Å². The van der Waals surface area contributed by atoms with Crippen LogP contribution < -0.4 is 5.32 Å². The van der Waals surface area contributed by atoms with Gasteiger partial charge in [0.15, 0.2) is 0 Å². The molecule has 1 unspecified atom stereocenters. The van der Waals surface area contributed by atoms with E-state index >= 15 is 0 Å². The van der Waals surface area contributed by atoms with Crippen LogP contribution in [0, 0.1) is 0 Å². The Morgan fingerprint density at radius 2 is 2.06 bits per heavy atom. The number of halogens is 3. The molecule has 4 nitrogen and oxygen atoms in total. The van der Waals surface area contributed by atoms with Crippen molar-refractivity contribution < 1.29 is 22.7 Å². The highest BCUT2D eigenvalue weighted by atomic mass is 19.4. The summed E-state index contributed by atoms with van der Waals surface area (Å²) in [5.41, 5.74) is 0. The number of hydrogen-bond acceptors (Lipinski definition) is 2. The number of carbonyl (C=O) groups is 1. The summed E-state index contributed by atoms with van der Waals surface area (Å²) >= 11 is 0. The molecule has 0 heterocycles. The predicted molar refractivity (Wildman–Crippen MR) is 53.2 cm³/mol. The third-order valence-electron chi connectivity index (χ3n) is 1.98. The summed E-state index contributed by atoms with van der Waals surface area (Å²) in [7, 11) is 1.47. The molecule has 0 fully saturated rings. The molecular formula is C9H17F3N2O2. The van der Waals surface area contributed by atoms with Crippen LogP contribution in [0.2, 0.25) is 0 Å². The van der Waals surface area contributed by atoms with Crippen molar-refractivity contribution in [2.75, 3.05) is 26.8 Å². The van der Waals surface area contributed by atoms with Gasteiger partial charge in [-0.15, -0.1) is 0 Å². The molecule has 96 valence electrons. The van der Waals surface area contributed by atoms with E-state index < -0.39 is 18.8 Å². The Balaban J connectivity index is 4.21. The largest absolute Gasteiger partial charge is 0.405 e. The minimum absolute atomic E-state index is 0.261. The molecule has 0 aromatic heterocycles. The second kappa shape index (κ2) is 6.57. The van der Waals surface area contributed by atoms with Crippen molar-refractivity contribution in [2.24, 2.45) is 0 Å². The molecule has 0 aromatic rings. The van der Waals surface area contributed by atoms with Crippen LogP contribution in [-0.4, -0.2) is 50.0 Å². The van der Waals surface area contributed by atoms with Gasteiger partial charge in [0.1, 0.15) is 6.54 Å². The van der Waals surface area contributed by atoms with E-state index in [9.17, 15) is 18.0 Å². The molecule has 16 heavy (non-hydrogen) atoms. The van der Waals surface area contributed by atoms with Gasteiger partial charge in [-0.1, -0.05) is 0 Å². The van der Waals surface area contributed by atoms with Crippen LogP contribution in [0.4, 0.5) is 18.0 Å². The lowest BCUT2D eigenvalue weighted by Gasteiger charge is -2.27. The number of nitrogens with one attached hydrogen (secondary N) is 1. The molecule has 0 aliphatic heterocycles. The summed E-state index contributed by atoms with van der Waals surface area (Å²) in [6.07, 6.45) is -4.39. The maximum absolute atomic E-state index is 11.9. The average molecular weight is 242 g/mol. The van der Waals surface area contributed by atoms with Gasteiger partial charge in [0.05, 0.1) is 12.6 Å². The molecule has 7 heteroatoms. The smallest absolute Gasteiger partial charge is 0.383 e. The molecule has 0 aliphatic carbocycles. The van der Waals surface area contributed by atoms with E-state index in [1.54, 1.807) is 13.8 Å². The molecule has 1 N–H and O–H groups in total. The SMILES string of the molecule is CCN(C(=O)NCC(F)(F)F)C(C)COC. The summed E-state index contributed by atoms with van der Waals surface area (Å²) in [4.78, 5) is 12.7.